The van der Waals surface area contributed by atoms with E-state index < -0.39 is 0 Å². The van der Waals surface area contributed by atoms with Crippen LogP contribution in [-0.2, 0) is 4.79 Å². The maximum absolute atomic E-state index is 12.9. The number of para-hydroxylation sites is 1. The fourth-order valence-corrected chi connectivity index (χ4v) is 4.53. The van der Waals surface area contributed by atoms with Gasteiger partial charge >= 0.3 is 0 Å². The number of thiocarbonyl (C=S) groups is 1. The second-order valence-corrected chi connectivity index (χ2v) is 9.17. The monoisotopic (exact) mass is 511 g/mol. The van der Waals surface area contributed by atoms with Crippen LogP contribution in [0.25, 0.3) is 6.08 Å². The van der Waals surface area contributed by atoms with Crippen LogP contribution in [0.2, 0.25) is 0 Å². The first-order chi connectivity index (χ1) is 15.1. The van der Waals surface area contributed by atoms with Crippen molar-refractivity contribution in [1.29, 1.82) is 0 Å². The Balaban J connectivity index is 1.38. The van der Waals surface area contributed by atoms with Gasteiger partial charge in [-0.3, -0.25) is 9.69 Å². The number of hydrogen-bond acceptors (Lipinski definition) is 5. The third kappa shape index (κ3) is 5.55. The minimum Gasteiger partial charge on any atom is -0.490 e. The maximum Gasteiger partial charge on any atom is 0.270 e. The summed E-state index contributed by atoms with van der Waals surface area (Å²) in [6.07, 6.45) is 1.84. The van der Waals surface area contributed by atoms with Crippen LogP contribution in [0.1, 0.15) is 5.56 Å². The molecule has 3 aromatic carbocycles. The van der Waals surface area contributed by atoms with Crippen molar-refractivity contribution in [3.05, 3.63) is 93.8 Å². The van der Waals surface area contributed by atoms with Gasteiger partial charge in [-0.2, -0.15) is 0 Å². The second kappa shape index (κ2) is 10.1. The zero-order chi connectivity index (χ0) is 21.6. The van der Waals surface area contributed by atoms with Crippen molar-refractivity contribution in [3.8, 4) is 11.5 Å². The molecule has 0 radical (unpaired) electrons. The topological polar surface area (TPSA) is 38.8 Å². The van der Waals surface area contributed by atoms with Crippen LogP contribution in [0.15, 0.2) is 88.2 Å². The van der Waals surface area contributed by atoms with Gasteiger partial charge < -0.3 is 9.47 Å². The molecule has 0 bridgehead atoms. The van der Waals surface area contributed by atoms with Gasteiger partial charge in [-0.1, -0.05) is 70.2 Å². The van der Waals surface area contributed by atoms with E-state index in [9.17, 15) is 4.79 Å². The molecular formula is C24H18BrNO3S2. The van der Waals surface area contributed by atoms with Crippen molar-refractivity contribution in [2.45, 2.75) is 0 Å². The lowest BCUT2D eigenvalue weighted by Gasteiger charge is -2.13. The number of carbonyl (C=O) groups is 1. The van der Waals surface area contributed by atoms with E-state index >= 15 is 0 Å². The van der Waals surface area contributed by atoms with Crippen molar-refractivity contribution in [2.75, 3.05) is 18.1 Å². The fraction of sp³-hybridized carbons (Fsp3) is 0.0833. The predicted octanol–water partition coefficient (Wildman–Crippen LogP) is 6.31. The van der Waals surface area contributed by atoms with Gasteiger partial charge in [0.05, 0.1) is 10.6 Å². The Morgan fingerprint density at radius 2 is 1.61 bits per heavy atom. The highest BCUT2D eigenvalue weighted by Crippen LogP contribution is 2.36. The highest BCUT2D eigenvalue weighted by atomic mass is 79.9. The molecule has 1 heterocycles. The van der Waals surface area contributed by atoms with E-state index in [4.69, 9.17) is 21.7 Å². The summed E-state index contributed by atoms with van der Waals surface area (Å²) >= 11 is 10.1. The van der Waals surface area contributed by atoms with E-state index in [0.717, 1.165) is 21.5 Å². The van der Waals surface area contributed by atoms with Crippen molar-refractivity contribution in [3.63, 3.8) is 0 Å². The fourth-order valence-electron chi connectivity index (χ4n) is 2.96. The maximum atomic E-state index is 12.9. The molecule has 0 aliphatic carbocycles. The van der Waals surface area contributed by atoms with E-state index in [1.165, 1.54) is 11.8 Å². The van der Waals surface area contributed by atoms with E-state index in [1.54, 1.807) is 4.90 Å². The van der Waals surface area contributed by atoms with Crippen LogP contribution in [0.3, 0.4) is 0 Å². The number of benzene rings is 3. The first-order valence-corrected chi connectivity index (χ1v) is 11.6. The van der Waals surface area contributed by atoms with Gasteiger partial charge in [0, 0.05) is 4.47 Å². The number of amides is 1. The molecule has 1 fully saturated rings. The smallest absolute Gasteiger partial charge is 0.270 e. The highest BCUT2D eigenvalue weighted by molar-refractivity contribution is 9.10. The molecule has 0 aromatic heterocycles. The van der Waals surface area contributed by atoms with Crippen LogP contribution < -0.4 is 14.4 Å². The zero-order valence-corrected chi connectivity index (χ0v) is 19.6. The highest BCUT2D eigenvalue weighted by Gasteiger charge is 2.33. The lowest BCUT2D eigenvalue weighted by atomic mass is 10.2. The van der Waals surface area contributed by atoms with Gasteiger partial charge in [0.15, 0.2) is 4.32 Å². The minimum absolute atomic E-state index is 0.115. The van der Waals surface area contributed by atoms with E-state index in [0.29, 0.717) is 28.2 Å². The number of nitrogens with zero attached hydrogens (tertiary/aromatic N) is 1. The summed E-state index contributed by atoms with van der Waals surface area (Å²) < 4.78 is 13.0. The molecule has 1 amide bonds. The van der Waals surface area contributed by atoms with Gasteiger partial charge in [-0.15, -0.1) is 0 Å². The Kier molecular flexibility index (Phi) is 7.06. The van der Waals surface area contributed by atoms with Gasteiger partial charge in [-0.05, 0) is 60.2 Å². The Bertz CT molecular complexity index is 1120. The Morgan fingerprint density at radius 3 is 2.35 bits per heavy atom. The number of ether oxygens (including phenoxy) is 2. The summed E-state index contributed by atoms with van der Waals surface area (Å²) in [6, 6.07) is 24.7. The summed E-state index contributed by atoms with van der Waals surface area (Å²) in [6.45, 7) is 0.844. The van der Waals surface area contributed by atoms with E-state index in [2.05, 4.69) is 15.9 Å². The SMILES string of the molecule is O=C1/C(=C/c2cccc(OCCOc3ccc(Br)cc3)c2)SC(=S)N1c1ccccc1. The molecule has 31 heavy (non-hydrogen) atoms. The quantitative estimate of drug-likeness (QED) is 0.211. The number of carbonyl (C=O) groups excluding carboxylic acids is 1. The summed E-state index contributed by atoms with van der Waals surface area (Å²) in [5.74, 6) is 1.39. The number of anilines is 1. The summed E-state index contributed by atoms with van der Waals surface area (Å²) in [4.78, 5) is 15.0. The molecule has 0 N–H and O–H groups in total. The van der Waals surface area contributed by atoms with E-state index in [-0.39, 0.29) is 5.91 Å². The molecule has 4 rings (SSSR count). The number of thioether (sulfide) groups is 1. The molecule has 1 aliphatic rings. The number of hydrogen-bond donors (Lipinski definition) is 0. The van der Waals surface area contributed by atoms with Gasteiger partial charge in [-0.25, -0.2) is 0 Å². The molecular weight excluding hydrogens is 494 g/mol. The Hall–Kier alpha value is -2.61. The molecule has 1 saturated heterocycles. The van der Waals surface area contributed by atoms with E-state index in [1.807, 2.05) is 84.9 Å². The van der Waals surface area contributed by atoms with Crippen molar-refractivity contribution in [1.82, 2.24) is 0 Å². The first kappa shape index (κ1) is 21.6. The molecule has 3 aromatic rings. The van der Waals surface area contributed by atoms with Gasteiger partial charge in [0.2, 0.25) is 0 Å². The lowest BCUT2D eigenvalue weighted by molar-refractivity contribution is -0.113. The molecule has 4 nitrogen and oxygen atoms in total. The van der Waals surface area contributed by atoms with Crippen LogP contribution in [0, 0.1) is 0 Å². The van der Waals surface area contributed by atoms with Crippen LogP contribution in [0.4, 0.5) is 5.69 Å². The van der Waals surface area contributed by atoms with Crippen molar-refractivity contribution < 1.29 is 14.3 Å². The first-order valence-electron chi connectivity index (χ1n) is 9.54. The molecule has 0 saturated carbocycles. The summed E-state index contributed by atoms with van der Waals surface area (Å²) in [5.41, 5.74) is 1.65. The number of halogens is 1. The Morgan fingerprint density at radius 1 is 0.903 bits per heavy atom. The Labute approximate surface area is 199 Å². The third-order valence-corrected chi connectivity index (χ3v) is 6.23. The molecule has 7 heteroatoms. The number of rotatable bonds is 7. The normalized spacial score (nSPS) is 14.9. The van der Waals surface area contributed by atoms with Gasteiger partial charge in [0.1, 0.15) is 24.7 Å². The average Bonchev–Trinajstić information content (AvgIpc) is 3.06. The summed E-state index contributed by atoms with van der Waals surface area (Å²) in [7, 11) is 0. The predicted molar refractivity (Wildman–Crippen MR) is 134 cm³/mol. The lowest BCUT2D eigenvalue weighted by Crippen LogP contribution is -2.27. The molecule has 0 spiro atoms. The summed E-state index contributed by atoms with van der Waals surface area (Å²) in [5, 5.41) is 0. The standard InChI is InChI=1S/C24H18BrNO3S2/c25-18-9-11-20(12-10-18)28-13-14-29-21-8-4-5-17(15-21)16-22-23(27)26(24(30)31-22)19-6-2-1-3-7-19/h1-12,15-16H,13-14H2/b22-16-. The molecule has 156 valence electrons. The third-order valence-electron chi connectivity index (χ3n) is 4.40. The van der Waals surface area contributed by atoms with Crippen molar-refractivity contribution >= 4 is 61.9 Å². The minimum atomic E-state index is -0.115. The largest absolute Gasteiger partial charge is 0.490 e. The van der Waals surface area contributed by atoms with Crippen molar-refractivity contribution in [2.24, 2.45) is 0 Å². The van der Waals surface area contributed by atoms with Crippen LogP contribution in [-0.4, -0.2) is 23.4 Å². The molecule has 0 unspecified atom stereocenters. The zero-order valence-electron chi connectivity index (χ0n) is 16.4. The average molecular weight is 512 g/mol. The van der Waals surface area contributed by atoms with Crippen LogP contribution >= 0.6 is 39.9 Å². The molecule has 0 atom stereocenters. The van der Waals surface area contributed by atoms with Crippen LogP contribution in [0.5, 0.6) is 11.5 Å². The van der Waals surface area contributed by atoms with Gasteiger partial charge in [0.25, 0.3) is 5.91 Å². The second-order valence-electron chi connectivity index (χ2n) is 6.58. The molecule has 1 aliphatic heterocycles.